The van der Waals surface area contributed by atoms with Gasteiger partial charge in [-0.15, -0.1) is 0 Å². The predicted octanol–water partition coefficient (Wildman–Crippen LogP) is 2.87. The van der Waals surface area contributed by atoms with Crippen LogP contribution in [-0.2, 0) is 0 Å². The summed E-state index contributed by atoms with van der Waals surface area (Å²) in [6, 6.07) is 10.8. The highest BCUT2D eigenvalue weighted by Gasteiger charge is 2.14. The maximum atomic E-state index is 12.5. The van der Waals surface area contributed by atoms with E-state index in [2.05, 4.69) is 15.3 Å². The second kappa shape index (κ2) is 6.37. The third-order valence-corrected chi connectivity index (χ3v) is 3.79. The largest absolute Gasteiger partial charge is 0.398 e. The number of carbonyl (C=O) groups is 1. The van der Waals surface area contributed by atoms with Crippen molar-refractivity contribution in [1.29, 1.82) is 0 Å². The van der Waals surface area contributed by atoms with Crippen molar-refractivity contribution < 1.29 is 4.79 Å². The van der Waals surface area contributed by atoms with Crippen molar-refractivity contribution in [2.75, 3.05) is 16.8 Å². The van der Waals surface area contributed by atoms with Crippen molar-refractivity contribution in [3.63, 3.8) is 0 Å². The Morgan fingerprint density at radius 2 is 1.88 bits per heavy atom. The van der Waals surface area contributed by atoms with Crippen molar-refractivity contribution >= 4 is 23.1 Å². The molecule has 1 aromatic carbocycles. The van der Waals surface area contributed by atoms with Gasteiger partial charge in [0.2, 0.25) is 0 Å². The van der Waals surface area contributed by atoms with E-state index in [1.807, 2.05) is 25.1 Å². The van der Waals surface area contributed by atoms with E-state index in [4.69, 9.17) is 11.5 Å². The van der Waals surface area contributed by atoms with Gasteiger partial charge in [0.25, 0.3) is 5.91 Å². The molecule has 3 aromatic rings. The standard InChI is InChI=1S/C18H17N5O/c1-11-14(3-2-4-16(11)19)12-9-15(17(20)22-10-12)18(24)23-13-5-7-21-8-6-13/h2-10H,19H2,1H3,(H2,20,22)(H,21,23,24). The van der Waals surface area contributed by atoms with Crippen LogP contribution in [0, 0.1) is 6.92 Å². The van der Waals surface area contributed by atoms with E-state index >= 15 is 0 Å². The minimum atomic E-state index is -0.324. The molecule has 0 aliphatic carbocycles. The van der Waals surface area contributed by atoms with Gasteiger partial charge in [-0.3, -0.25) is 9.78 Å². The highest BCUT2D eigenvalue weighted by molar-refractivity contribution is 6.07. The smallest absolute Gasteiger partial charge is 0.259 e. The number of hydrogen-bond donors (Lipinski definition) is 3. The van der Waals surface area contributed by atoms with Crippen molar-refractivity contribution in [2.45, 2.75) is 6.92 Å². The molecule has 0 bridgehead atoms. The lowest BCUT2D eigenvalue weighted by Crippen LogP contribution is -2.15. The van der Waals surface area contributed by atoms with Crippen LogP contribution in [0.5, 0.6) is 0 Å². The minimum absolute atomic E-state index is 0.173. The molecule has 24 heavy (non-hydrogen) atoms. The summed E-state index contributed by atoms with van der Waals surface area (Å²) in [6.07, 6.45) is 4.84. The van der Waals surface area contributed by atoms with E-state index in [0.717, 1.165) is 16.7 Å². The number of pyridine rings is 2. The molecule has 0 radical (unpaired) electrons. The van der Waals surface area contributed by atoms with Crippen LogP contribution >= 0.6 is 0 Å². The molecule has 2 aromatic heterocycles. The van der Waals surface area contributed by atoms with E-state index < -0.39 is 0 Å². The Labute approximate surface area is 139 Å². The zero-order valence-corrected chi connectivity index (χ0v) is 13.2. The molecule has 6 heteroatoms. The van der Waals surface area contributed by atoms with Gasteiger partial charge in [-0.1, -0.05) is 12.1 Å². The summed E-state index contributed by atoms with van der Waals surface area (Å²) in [5.74, 6) is -0.151. The fraction of sp³-hybridized carbons (Fsp3) is 0.0556. The van der Waals surface area contributed by atoms with Crippen LogP contribution in [0.3, 0.4) is 0 Å². The van der Waals surface area contributed by atoms with Gasteiger partial charge < -0.3 is 16.8 Å². The average Bonchev–Trinajstić information content (AvgIpc) is 2.59. The number of nitrogens with one attached hydrogen (secondary N) is 1. The molecule has 120 valence electrons. The summed E-state index contributed by atoms with van der Waals surface area (Å²) in [5.41, 5.74) is 16.1. The third kappa shape index (κ3) is 3.03. The third-order valence-electron chi connectivity index (χ3n) is 3.79. The molecule has 5 N–H and O–H groups in total. The number of nitrogens with two attached hydrogens (primary N) is 2. The summed E-state index contributed by atoms with van der Waals surface area (Å²) < 4.78 is 0. The number of aromatic nitrogens is 2. The predicted molar refractivity (Wildman–Crippen MR) is 95.4 cm³/mol. The fourth-order valence-electron chi connectivity index (χ4n) is 2.40. The number of anilines is 3. The number of benzene rings is 1. The fourth-order valence-corrected chi connectivity index (χ4v) is 2.40. The lowest BCUT2D eigenvalue weighted by Gasteiger charge is -2.11. The lowest BCUT2D eigenvalue weighted by molar-refractivity contribution is 0.102. The second-order valence-electron chi connectivity index (χ2n) is 5.37. The molecule has 2 heterocycles. The number of carbonyl (C=O) groups excluding carboxylic acids is 1. The van der Waals surface area contributed by atoms with Gasteiger partial charge in [-0.25, -0.2) is 4.98 Å². The molecular formula is C18H17N5O. The molecule has 1 amide bonds. The van der Waals surface area contributed by atoms with Crippen LogP contribution < -0.4 is 16.8 Å². The molecule has 3 rings (SSSR count). The summed E-state index contributed by atoms with van der Waals surface area (Å²) in [5, 5.41) is 2.78. The van der Waals surface area contributed by atoms with Crippen LogP contribution in [0.25, 0.3) is 11.1 Å². The van der Waals surface area contributed by atoms with Crippen LogP contribution in [0.15, 0.2) is 55.0 Å². The highest BCUT2D eigenvalue weighted by Crippen LogP contribution is 2.28. The van der Waals surface area contributed by atoms with Crippen molar-refractivity contribution in [1.82, 2.24) is 9.97 Å². The Kier molecular flexibility index (Phi) is 4.11. The zero-order valence-electron chi connectivity index (χ0n) is 13.2. The molecule has 0 fully saturated rings. The first-order valence-corrected chi connectivity index (χ1v) is 7.38. The number of hydrogen-bond acceptors (Lipinski definition) is 5. The molecule has 0 saturated heterocycles. The van der Waals surface area contributed by atoms with Crippen LogP contribution in [-0.4, -0.2) is 15.9 Å². The SMILES string of the molecule is Cc1c(N)cccc1-c1cnc(N)c(C(=O)Nc2ccncc2)c1. The topological polar surface area (TPSA) is 107 Å². The Morgan fingerprint density at radius 3 is 2.62 bits per heavy atom. The molecular weight excluding hydrogens is 302 g/mol. The molecule has 0 unspecified atom stereocenters. The first-order chi connectivity index (χ1) is 11.6. The number of nitrogen functional groups attached to an aromatic ring is 2. The van der Waals surface area contributed by atoms with Crippen LogP contribution in [0.2, 0.25) is 0 Å². The van der Waals surface area contributed by atoms with E-state index in [1.165, 1.54) is 0 Å². The molecule has 0 spiro atoms. The van der Waals surface area contributed by atoms with Crippen LogP contribution in [0.4, 0.5) is 17.2 Å². The Hall–Kier alpha value is -3.41. The quantitative estimate of drug-likeness (QED) is 0.643. The maximum absolute atomic E-state index is 12.5. The summed E-state index contributed by atoms with van der Waals surface area (Å²) in [6.45, 7) is 1.93. The Bertz CT molecular complexity index is 893. The first-order valence-electron chi connectivity index (χ1n) is 7.38. The molecule has 0 aliphatic rings. The van der Waals surface area contributed by atoms with E-state index in [9.17, 15) is 4.79 Å². The Morgan fingerprint density at radius 1 is 1.12 bits per heavy atom. The molecule has 0 atom stereocenters. The normalized spacial score (nSPS) is 10.4. The van der Waals surface area contributed by atoms with Crippen molar-refractivity contribution in [3.05, 3.63) is 66.1 Å². The summed E-state index contributed by atoms with van der Waals surface area (Å²) in [7, 11) is 0. The monoisotopic (exact) mass is 319 g/mol. The van der Waals surface area contributed by atoms with Gasteiger partial charge in [0.1, 0.15) is 5.82 Å². The van der Waals surface area contributed by atoms with E-state index in [1.54, 1.807) is 36.8 Å². The number of nitrogens with zero attached hydrogens (tertiary/aromatic N) is 2. The highest BCUT2D eigenvalue weighted by atomic mass is 16.1. The molecule has 0 saturated carbocycles. The van der Waals surface area contributed by atoms with Gasteiger partial charge in [-0.2, -0.15) is 0 Å². The van der Waals surface area contributed by atoms with E-state index in [-0.39, 0.29) is 11.7 Å². The van der Waals surface area contributed by atoms with Gasteiger partial charge in [0.15, 0.2) is 0 Å². The molecule has 6 nitrogen and oxygen atoms in total. The van der Waals surface area contributed by atoms with Gasteiger partial charge in [-0.05, 0) is 42.3 Å². The van der Waals surface area contributed by atoms with Gasteiger partial charge in [0.05, 0.1) is 5.56 Å². The number of rotatable bonds is 3. The minimum Gasteiger partial charge on any atom is -0.398 e. The second-order valence-corrected chi connectivity index (χ2v) is 5.37. The van der Waals surface area contributed by atoms with Gasteiger partial charge in [0, 0.05) is 35.5 Å². The summed E-state index contributed by atoms with van der Waals surface area (Å²) >= 11 is 0. The maximum Gasteiger partial charge on any atom is 0.259 e. The first kappa shape index (κ1) is 15.5. The molecule has 0 aliphatic heterocycles. The van der Waals surface area contributed by atoms with E-state index in [0.29, 0.717) is 16.9 Å². The summed E-state index contributed by atoms with van der Waals surface area (Å²) in [4.78, 5) is 20.6. The Balaban J connectivity index is 1.97. The van der Waals surface area contributed by atoms with Crippen LogP contribution in [0.1, 0.15) is 15.9 Å². The van der Waals surface area contributed by atoms with Crippen molar-refractivity contribution in [3.8, 4) is 11.1 Å². The number of amides is 1. The zero-order chi connectivity index (χ0) is 17.1. The average molecular weight is 319 g/mol. The van der Waals surface area contributed by atoms with Gasteiger partial charge >= 0.3 is 0 Å². The van der Waals surface area contributed by atoms with Crippen molar-refractivity contribution in [2.24, 2.45) is 0 Å². The lowest BCUT2D eigenvalue weighted by atomic mass is 9.99.